The zero-order chi connectivity index (χ0) is 34.4. The summed E-state index contributed by atoms with van der Waals surface area (Å²) < 4.78 is 44.1. The lowest BCUT2D eigenvalue weighted by Crippen LogP contribution is -2.15. The molecule has 1 rings (SSSR count). The van der Waals surface area contributed by atoms with Crippen LogP contribution in [0.25, 0.3) is 0 Å². The summed E-state index contributed by atoms with van der Waals surface area (Å²) in [7, 11) is 0. The van der Waals surface area contributed by atoms with Crippen molar-refractivity contribution in [3.63, 3.8) is 0 Å². The van der Waals surface area contributed by atoms with Crippen molar-refractivity contribution in [3.05, 3.63) is 29.8 Å². The predicted molar refractivity (Wildman–Crippen MR) is 192 cm³/mol. The first-order valence-electron chi connectivity index (χ1n) is 19.1. The van der Waals surface area contributed by atoms with Gasteiger partial charge in [0.15, 0.2) is 0 Å². The molecular formula is C39H70O9. The van der Waals surface area contributed by atoms with Gasteiger partial charge in [-0.1, -0.05) is 103 Å². The van der Waals surface area contributed by atoms with Crippen LogP contribution in [0.2, 0.25) is 0 Å². The van der Waals surface area contributed by atoms with Gasteiger partial charge in [-0.15, -0.1) is 0 Å². The van der Waals surface area contributed by atoms with E-state index in [2.05, 4.69) is 38.1 Å². The van der Waals surface area contributed by atoms with Gasteiger partial charge >= 0.3 is 5.97 Å². The number of hydrogen-bond donors (Lipinski definition) is 0. The summed E-state index contributed by atoms with van der Waals surface area (Å²) in [6, 6.07) is 8.45. The second-order valence-electron chi connectivity index (χ2n) is 12.1. The topological polar surface area (TPSA) is 90.9 Å². The second-order valence-corrected chi connectivity index (χ2v) is 12.1. The number of benzene rings is 1. The first-order chi connectivity index (χ1) is 23.8. The van der Waals surface area contributed by atoms with Crippen molar-refractivity contribution in [1.82, 2.24) is 0 Å². The Hall–Kier alpha value is -1.75. The van der Waals surface area contributed by atoms with Gasteiger partial charge in [0.2, 0.25) is 0 Å². The van der Waals surface area contributed by atoms with Gasteiger partial charge in [0.1, 0.15) is 19.0 Å². The molecule has 9 heteroatoms. The molecular weight excluding hydrogens is 612 g/mol. The lowest BCUT2D eigenvalue weighted by molar-refractivity contribution is -0.145. The molecule has 280 valence electrons. The molecule has 0 saturated heterocycles. The van der Waals surface area contributed by atoms with Gasteiger partial charge in [-0.05, 0) is 37.0 Å². The third kappa shape index (κ3) is 31.5. The van der Waals surface area contributed by atoms with Crippen LogP contribution < -0.4 is 4.74 Å². The number of rotatable bonds is 38. The van der Waals surface area contributed by atoms with Crippen molar-refractivity contribution in [1.29, 1.82) is 0 Å². The molecule has 1 aromatic rings. The molecule has 0 heterocycles. The van der Waals surface area contributed by atoms with E-state index in [0.717, 1.165) is 25.0 Å². The highest BCUT2D eigenvalue weighted by Crippen LogP contribution is 2.15. The molecule has 0 fully saturated rings. The molecule has 0 bridgehead atoms. The fourth-order valence-corrected chi connectivity index (χ4v) is 4.97. The van der Waals surface area contributed by atoms with Crippen LogP contribution in [0.4, 0.5) is 0 Å². The van der Waals surface area contributed by atoms with Gasteiger partial charge in [0, 0.05) is 6.42 Å². The van der Waals surface area contributed by atoms with Gasteiger partial charge in [0.25, 0.3) is 0 Å². The number of carbonyl (C=O) groups excluding carboxylic acids is 1. The van der Waals surface area contributed by atoms with Crippen LogP contribution in [0.15, 0.2) is 24.3 Å². The third-order valence-electron chi connectivity index (χ3n) is 7.82. The second kappa shape index (κ2) is 36.5. The molecule has 48 heavy (non-hydrogen) atoms. The fourth-order valence-electron chi connectivity index (χ4n) is 4.97. The number of unbranched alkanes of at least 4 members (excludes halogenated alkanes) is 12. The third-order valence-corrected chi connectivity index (χ3v) is 7.82. The lowest BCUT2D eigenvalue weighted by atomic mass is 10.0. The molecule has 0 N–H and O–H groups in total. The molecule has 0 aromatic heterocycles. The van der Waals surface area contributed by atoms with E-state index in [1.54, 1.807) is 0 Å². The zero-order valence-corrected chi connectivity index (χ0v) is 30.7. The summed E-state index contributed by atoms with van der Waals surface area (Å²) in [5.41, 5.74) is 1.38. The number of carbonyl (C=O) groups is 1. The SMILES string of the molecule is CCCCCCCCCC(=O)OCCOCCOCCOCCOCCOCCOCCOc1ccc(CCCCCCCCC)cc1. The maximum atomic E-state index is 11.7. The van der Waals surface area contributed by atoms with Gasteiger partial charge in [-0.25, -0.2) is 0 Å². The molecule has 0 amide bonds. The standard InChI is InChI=1S/C39H70O9/c1-3-5-7-9-11-13-15-17-37-19-21-38(22-20-37)47-35-33-45-31-29-43-27-25-41-23-24-42-26-28-44-30-32-46-34-36-48-39(40)18-16-14-12-10-8-6-4-2/h19-22H,3-18,23-36H2,1-2H3. The van der Waals surface area contributed by atoms with Crippen molar-refractivity contribution in [2.45, 2.75) is 117 Å². The van der Waals surface area contributed by atoms with Crippen LogP contribution in [0.3, 0.4) is 0 Å². The summed E-state index contributed by atoms with van der Waals surface area (Å²) in [6.07, 6.45) is 19.4. The minimum Gasteiger partial charge on any atom is -0.491 e. The summed E-state index contributed by atoms with van der Waals surface area (Å²) in [6.45, 7) is 11.3. The molecule has 9 nitrogen and oxygen atoms in total. The van der Waals surface area contributed by atoms with Crippen LogP contribution in [0, 0.1) is 0 Å². The molecule has 0 aliphatic rings. The Labute approximate surface area is 293 Å². The quantitative estimate of drug-likeness (QED) is 0.0506. The lowest BCUT2D eigenvalue weighted by Gasteiger charge is -2.09. The number of ether oxygens (including phenoxy) is 8. The van der Waals surface area contributed by atoms with Crippen LogP contribution in [0.5, 0.6) is 5.75 Å². The highest BCUT2D eigenvalue weighted by molar-refractivity contribution is 5.69. The fraction of sp³-hybridized carbons (Fsp3) is 0.821. The van der Waals surface area contributed by atoms with Crippen molar-refractivity contribution in [2.75, 3.05) is 92.5 Å². The van der Waals surface area contributed by atoms with Crippen LogP contribution >= 0.6 is 0 Å². The van der Waals surface area contributed by atoms with Crippen LogP contribution in [0.1, 0.15) is 116 Å². The normalized spacial score (nSPS) is 11.3. The summed E-state index contributed by atoms with van der Waals surface area (Å²) in [4.78, 5) is 11.7. The zero-order valence-electron chi connectivity index (χ0n) is 30.7. The van der Waals surface area contributed by atoms with E-state index in [1.807, 2.05) is 0 Å². The number of aryl methyl sites for hydroxylation is 1. The van der Waals surface area contributed by atoms with Gasteiger partial charge < -0.3 is 37.9 Å². The molecule has 0 aliphatic carbocycles. The Bertz CT molecular complexity index is 790. The van der Waals surface area contributed by atoms with E-state index in [9.17, 15) is 4.79 Å². The first kappa shape index (κ1) is 44.3. The average molecular weight is 683 g/mol. The Morgan fingerprint density at radius 1 is 0.438 bits per heavy atom. The van der Waals surface area contributed by atoms with Crippen molar-refractivity contribution >= 4 is 5.97 Å². The van der Waals surface area contributed by atoms with E-state index in [-0.39, 0.29) is 5.97 Å². The molecule has 0 unspecified atom stereocenters. The van der Waals surface area contributed by atoms with Gasteiger partial charge in [-0.3, -0.25) is 4.79 Å². The maximum absolute atomic E-state index is 11.7. The predicted octanol–water partition coefficient (Wildman–Crippen LogP) is 8.14. The monoisotopic (exact) mass is 683 g/mol. The molecule has 0 atom stereocenters. The Kier molecular flexibility index (Phi) is 33.7. The molecule has 0 radical (unpaired) electrons. The minimum absolute atomic E-state index is 0.134. The van der Waals surface area contributed by atoms with Crippen molar-refractivity contribution < 1.29 is 42.7 Å². The number of esters is 1. The maximum Gasteiger partial charge on any atom is 0.305 e. The van der Waals surface area contributed by atoms with Crippen molar-refractivity contribution in [3.8, 4) is 5.75 Å². The molecule has 1 aromatic carbocycles. The Morgan fingerprint density at radius 2 is 0.812 bits per heavy atom. The van der Waals surface area contributed by atoms with E-state index in [0.29, 0.717) is 98.9 Å². The molecule has 0 aliphatic heterocycles. The van der Waals surface area contributed by atoms with Crippen LogP contribution in [-0.4, -0.2) is 98.5 Å². The van der Waals surface area contributed by atoms with E-state index < -0.39 is 0 Å². The van der Waals surface area contributed by atoms with Gasteiger partial charge in [0.05, 0.1) is 79.3 Å². The largest absolute Gasteiger partial charge is 0.491 e. The smallest absolute Gasteiger partial charge is 0.305 e. The summed E-state index contributed by atoms with van der Waals surface area (Å²) >= 11 is 0. The van der Waals surface area contributed by atoms with Crippen molar-refractivity contribution in [2.24, 2.45) is 0 Å². The van der Waals surface area contributed by atoms with E-state index in [4.69, 9.17) is 37.9 Å². The Morgan fingerprint density at radius 3 is 1.27 bits per heavy atom. The van der Waals surface area contributed by atoms with E-state index >= 15 is 0 Å². The first-order valence-corrected chi connectivity index (χ1v) is 19.1. The van der Waals surface area contributed by atoms with Crippen LogP contribution in [-0.2, 0) is 44.4 Å². The minimum atomic E-state index is -0.134. The Balaban J connectivity index is 1.73. The van der Waals surface area contributed by atoms with E-state index in [1.165, 1.54) is 82.6 Å². The number of hydrogen-bond acceptors (Lipinski definition) is 9. The van der Waals surface area contributed by atoms with Gasteiger partial charge in [-0.2, -0.15) is 0 Å². The highest BCUT2D eigenvalue weighted by Gasteiger charge is 2.03. The molecule has 0 spiro atoms. The highest BCUT2D eigenvalue weighted by atomic mass is 16.6. The summed E-state index contributed by atoms with van der Waals surface area (Å²) in [5.74, 6) is 0.753. The average Bonchev–Trinajstić information content (AvgIpc) is 3.10. The molecule has 0 saturated carbocycles. The summed E-state index contributed by atoms with van der Waals surface area (Å²) in [5, 5.41) is 0.